The lowest BCUT2D eigenvalue weighted by atomic mass is 9.84. The monoisotopic (exact) mass is 281 g/mol. The normalized spacial score (nSPS) is 26.6. The van der Waals surface area contributed by atoms with Crippen molar-refractivity contribution in [1.29, 1.82) is 0 Å². The molecule has 1 atom stereocenters. The van der Waals surface area contributed by atoms with Gasteiger partial charge in [-0.05, 0) is 12.8 Å². The standard InChI is InChI=1S/C14H23N3O3/c1-18-14(5-3-2-4-6-14)13-16-12(20-17-13)9-11-10-19-8-7-15-11/h11,15H,2-10H2,1H3. The van der Waals surface area contributed by atoms with Gasteiger partial charge in [-0.1, -0.05) is 24.4 Å². The van der Waals surface area contributed by atoms with E-state index in [2.05, 4.69) is 15.5 Å². The summed E-state index contributed by atoms with van der Waals surface area (Å²) >= 11 is 0. The molecule has 1 aliphatic carbocycles. The summed E-state index contributed by atoms with van der Waals surface area (Å²) in [4.78, 5) is 4.57. The first-order chi connectivity index (χ1) is 9.82. The van der Waals surface area contributed by atoms with Crippen molar-refractivity contribution in [3.63, 3.8) is 0 Å². The van der Waals surface area contributed by atoms with Crippen molar-refractivity contribution < 1.29 is 14.0 Å². The van der Waals surface area contributed by atoms with Gasteiger partial charge in [0.25, 0.3) is 0 Å². The highest BCUT2D eigenvalue weighted by atomic mass is 16.5. The van der Waals surface area contributed by atoms with Crippen LogP contribution in [0.2, 0.25) is 0 Å². The number of hydrogen-bond acceptors (Lipinski definition) is 6. The van der Waals surface area contributed by atoms with Crippen LogP contribution >= 0.6 is 0 Å². The Kier molecular flexibility index (Phi) is 4.33. The average Bonchev–Trinajstić information content (AvgIpc) is 2.98. The van der Waals surface area contributed by atoms with Gasteiger partial charge in [0.05, 0.1) is 13.2 Å². The molecule has 6 heteroatoms. The molecule has 1 unspecified atom stereocenters. The summed E-state index contributed by atoms with van der Waals surface area (Å²) in [6.07, 6.45) is 6.26. The minimum atomic E-state index is -0.337. The summed E-state index contributed by atoms with van der Waals surface area (Å²) in [6.45, 7) is 2.36. The predicted molar refractivity (Wildman–Crippen MR) is 72.4 cm³/mol. The molecule has 20 heavy (non-hydrogen) atoms. The number of ether oxygens (including phenoxy) is 2. The van der Waals surface area contributed by atoms with Crippen LogP contribution in [0.3, 0.4) is 0 Å². The van der Waals surface area contributed by atoms with Crippen LogP contribution in [0.25, 0.3) is 0 Å². The number of nitrogens with one attached hydrogen (secondary N) is 1. The molecule has 1 N–H and O–H groups in total. The molecule has 0 aromatic carbocycles. The van der Waals surface area contributed by atoms with Gasteiger partial charge >= 0.3 is 0 Å². The first kappa shape index (κ1) is 14.0. The lowest BCUT2D eigenvalue weighted by molar-refractivity contribution is -0.0527. The van der Waals surface area contributed by atoms with Crippen LogP contribution in [0.4, 0.5) is 0 Å². The van der Waals surface area contributed by atoms with Crippen molar-refractivity contribution in [1.82, 2.24) is 15.5 Å². The van der Waals surface area contributed by atoms with Gasteiger partial charge in [-0.25, -0.2) is 0 Å². The predicted octanol–water partition coefficient (Wildman–Crippen LogP) is 1.41. The van der Waals surface area contributed by atoms with Crippen LogP contribution in [0.5, 0.6) is 0 Å². The number of rotatable bonds is 4. The highest BCUT2D eigenvalue weighted by Gasteiger charge is 2.38. The molecule has 0 bridgehead atoms. The van der Waals surface area contributed by atoms with E-state index in [1.807, 2.05) is 0 Å². The fraction of sp³-hybridized carbons (Fsp3) is 0.857. The van der Waals surface area contributed by atoms with Crippen LogP contribution in [0.1, 0.15) is 43.8 Å². The Morgan fingerprint density at radius 2 is 2.20 bits per heavy atom. The molecule has 0 spiro atoms. The Labute approximate surface area is 119 Å². The van der Waals surface area contributed by atoms with E-state index >= 15 is 0 Å². The smallest absolute Gasteiger partial charge is 0.228 e. The molecule has 2 fully saturated rings. The zero-order chi connectivity index (χ0) is 13.8. The SMILES string of the molecule is COC1(c2noc(CC3COCCN3)n2)CCCCC1. The Morgan fingerprint density at radius 3 is 2.90 bits per heavy atom. The third-order valence-electron chi connectivity index (χ3n) is 4.35. The molecule has 2 heterocycles. The summed E-state index contributed by atoms with van der Waals surface area (Å²) in [5.74, 6) is 1.39. The van der Waals surface area contributed by atoms with E-state index in [0.29, 0.717) is 24.7 Å². The van der Waals surface area contributed by atoms with Crippen molar-refractivity contribution in [2.45, 2.75) is 50.2 Å². The molecule has 3 rings (SSSR count). The molecule has 1 aromatic rings. The molecule has 0 amide bonds. The molecule has 1 saturated carbocycles. The fourth-order valence-corrected chi connectivity index (χ4v) is 3.13. The van der Waals surface area contributed by atoms with Crippen molar-refractivity contribution in [2.75, 3.05) is 26.9 Å². The first-order valence-electron chi connectivity index (χ1n) is 7.52. The number of nitrogens with zero attached hydrogens (tertiary/aromatic N) is 2. The van der Waals surface area contributed by atoms with Gasteiger partial charge in [0, 0.05) is 26.1 Å². The van der Waals surface area contributed by atoms with Gasteiger partial charge < -0.3 is 19.3 Å². The van der Waals surface area contributed by atoms with Gasteiger partial charge in [0.15, 0.2) is 0 Å². The molecular weight excluding hydrogens is 258 g/mol. The van der Waals surface area contributed by atoms with Gasteiger partial charge in [-0.15, -0.1) is 0 Å². The van der Waals surface area contributed by atoms with Crippen molar-refractivity contribution in [3.05, 3.63) is 11.7 Å². The second kappa shape index (κ2) is 6.20. The lowest BCUT2D eigenvalue weighted by Crippen LogP contribution is -2.42. The van der Waals surface area contributed by atoms with Crippen LogP contribution in [0, 0.1) is 0 Å². The summed E-state index contributed by atoms with van der Waals surface area (Å²) in [5.41, 5.74) is -0.337. The Morgan fingerprint density at radius 1 is 1.35 bits per heavy atom. The van der Waals surface area contributed by atoms with Crippen LogP contribution < -0.4 is 5.32 Å². The summed E-state index contributed by atoms with van der Waals surface area (Å²) in [7, 11) is 1.75. The average molecular weight is 281 g/mol. The van der Waals surface area contributed by atoms with Crippen LogP contribution in [-0.2, 0) is 21.5 Å². The van der Waals surface area contributed by atoms with E-state index in [1.165, 1.54) is 6.42 Å². The maximum atomic E-state index is 5.74. The third kappa shape index (κ3) is 2.87. The Bertz CT molecular complexity index is 423. The van der Waals surface area contributed by atoms with Gasteiger partial charge in [-0.3, -0.25) is 0 Å². The highest BCUT2D eigenvalue weighted by Crippen LogP contribution is 2.38. The van der Waals surface area contributed by atoms with E-state index in [4.69, 9.17) is 14.0 Å². The maximum absolute atomic E-state index is 5.74. The Balaban J connectivity index is 1.68. The summed E-state index contributed by atoms with van der Waals surface area (Å²) < 4.78 is 16.6. The first-order valence-corrected chi connectivity index (χ1v) is 7.52. The van der Waals surface area contributed by atoms with Crippen molar-refractivity contribution >= 4 is 0 Å². The minimum absolute atomic E-state index is 0.266. The van der Waals surface area contributed by atoms with E-state index in [0.717, 1.165) is 38.8 Å². The van der Waals surface area contributed by atoms with E-state index in [9.17, 15) is 0 Å². The number of morpholine rings is 1. The zero-order valence-electron chi connectivity index (χ0n) is 12.1. The summed E-state index contributed by atoms with van der Waals surface area (Å²) in [6, 6.07) is 0.266. The zero-order valence-corrected chi connectivity index (χ0v) is 12.1. The largest absolute Gasteiger partial charge is 0.378 e. The molecule has 0 radical (unpaired) electrons. The topological polar surface area (TPSA) is 69.4 Å². The van der Waals surface area contributed by atoms with Gasteiger partial charge in [-0.2, -0.15) is 4.98 Å². The van der Waals surface area contributed by atoms with Gasteiger partial charge in [0.1, 0.15) is 5.60 Å². The number of methoxy groups -OCH3 is 1. The third-order valence-corrected chi connectivity index (χ3v) is 4.35. The Hall–Kier alpha value is -0.980. The van der Waals surface area contributed by atoms with E-state index in [1.54, 1.807) is 7.11 Å². The fourth-order valence-electron chi connectivity index (χ4n) is 3.13. The molecule has 6 nitrogen and oxygen atoms in total. The number of aromatic nitrogens is 2. The molecule has 112 valence electrons. The molecule has 1 aromatic heterocycles. The lowest BCUT2D eigenvalue weighted by Gasteiger charge is -2.32. The highest BCUT2D eigenvalue weighted by molar-refractivity contribution is 5.04. The second-order valence-electron chi connectivity index (χ2n) is 5.70. The summed E-state index contributed by atoms with van der Waals surface area (Å²) in [5, 5.41) is 7.56. The quantitative estimate of drug-likeness (QED) is 0.900. The van der Waals surface area contributed by atoms with Crippen molar-refractivity contribution in [3.8, 4) is 0 Å². The maximum Gasteiger partial charge on any atom is 0.228 e. The molecular formula is C14H23N3O3. The molecule has 2 aliphatic rings. The van der Waals surface area contributed by atoms with Gasteiger partial charge in [0.2, 0.25) is 11.7 Å². The number of hydrogen-bond donors (Lipinski definition) is 1. The van der Waals surface area contributed by atoms with Crippen LogP contribution in [-0.4, -0.2) is 43.1 Å². The minimum Gasteiger partial charge on any atom is -0.378 e. The van der Waals surface area contributed by atoms with Crippen molar-refractivity contribution in [2.24, 2.45) is 0 Å². The van der Waals surface area contributed by atoms with E-state index in [-0.39, 0.29) is 11.6 Å². The van der Waals surface area contributed by atoms with Crippen LogP contribution in [0.15, 0.2) is 4.52 Å². The molecule has 1 aliphatic heterocycles. The molecule has 1 saturated heterocycles. The second-order valence-corrected chi connectivity index (χ2v) is 5.70. The van der Waals surface area contributed by atoms with E-state index < -0.39 is 0 Å².